The Hall–Kier alpha value is -1.95. The molecule has 3 rings (SSSR count). The number of hydrogen-bond donors (Lipinski definition) is 0. The fraction of sp³-hybridized carbons (Fsp3) is 0.417. The van der Waals surface area contributed by atoms with Crippen LogP contribution in [0.15, 0.2) is 16.8 Å². The van der Waals surface area contributed by atoms with Crippen LogP contribution in [-0.2, 0) is 4.74 Å². The van der Waals surface area contributed by atoms with Crippen LogP contribution in [-0.4, -0.2) is 47.3 Å². The molecule has 1 aliphatic rings. The van der Waals surface area contributed by atoms with Crippen LogP contribution in [0.5, 0.6) is 0 Å². The van der Waals surface area contributed by atoms with Crippen molar-refractivity contribution < 1.29 is 14.1 Å². The van der Waals surface area contributed by atoms with Crippen molar-refractivity contribution in [2.45, 2.75) is 6.92 Å². The van der Waals surface area contributed by atoms with Crippen molar-refractivity contribution >= 4 is 17.0 Å². The number of morpholine rings is 1. The SMILES string of the molecule is Cc1noc2ncc(C(=O)N3CCOCC3)cc12. The molecule has 0 N–H and O–H groups in total. The number of aromatic nitrogens is 2. The summed E-state index contributed by atoms with van der Waals surface area (Å²) >= 11 is 0. The van der Waals surface area contributed by atoms with Crippen molar-refractivity contribution in [1.82, 2.24) is 15.0 Å². The lowest BCUT2D eigenvalue weighted by atomic mass is 10.2. The van der Waals surface area contributed by atoms with Crippen molar-refractivity contribution in [3.05, 3.63) is 23.5 Å². The molecule has 0 spiro atoms. The van der Waals surface area contributed by atoms with E-state index in [4.69, 9.17) is 9.26 Å². The van der Waals surface area contributed by atoms with Gasteiger partial charge in [-0.2, -0.15) is 0 Å². The average molecular weight is 247 g/mol. The second kappa shape index (κ2) is 4.38. The third-order valence-electron chi connectivity index (χ3n) is 3.06. The molecule has 2 aromatic rings. The molecule has 0 aromatic carbocycles. The number of nitrogens with zero attached hydrogens (tertiary/aromatic N) is 3. The fourth-order valence-corrected chi connectivity index (χ4v) is 2.01. The molecule has 1 amide bonds. The van der Waals surface area contributed by atoms with Gasteiger partial charge < -0.3 is 14.2 Å². The number of carbonyl (C=O) groups excluding carboxylic acids is 1. The van der Waals surface area contributed by atoms with Gasteiger partial charge >= 0.3 is 0 Å². The Morgan fingerprint density at radius 1 is 1.39 bits per heavy atom. The zero-order valence-electron chi connectivity index (χ0n) is 10.0. The fourth-order valence-electron chi connectivity index (χ4n) is 2.01. The first-order valence-corrected chi connectivity index (χ1v) is 5.85. The van der Waals surface area contributed by atoms with Crippen molar-refractivity contribution in [3.63, 3.8) is 0 Å². The van der Waals surface area contributed by atoms with Gasteiger partial charge in [-0.05, 0) is 13.0 Å². The number of fused-ring (bicyclic) bond motifs is 1. The molecule has 6 nitrogen and oxygen atoms in total. The van der Waals surface area contributed by atoms with Gasteiger partial charge in [-0.25, -0.2) is 4.98 Å². The quantitative estimate of drug-likeness (QED) is 0.752. The van der Waals surface area contributed by atoms with Gasteiger partial charge in [-0.1, -0.05) is 5.16 Å². The third kappa shape index (κ3) is 1.84. The largest absolute Gasteiger partial charge is 0.378 e. The first kappa shape index (κ1) is 11.2. The lowest BCUT2D eigenvalue weighted by molar-refractivity contribution is 0.0302. The Morgan fingerprint density at radius 2 is 2.17 bits per heavy atom. The van der Waals surface area contributed by atoms with E-state index < -0.39 is 0 Å². The standard InChI is InChI=1S/C12H13N3O3/c1-8-10-6-9(7-13-11(10)18-14-8)12(16)15-2-4-17-5-3-15/h6-7H,2-5H2,1H3. The normalized spacial score (nSPS) is 16.2. The van der Waals surface area contributed by atoms with Crippen molar-refractivity contribution in [2.75, 3.05) is 26.3 Å². The van der Waals surface area contributed by atoms with E-state index in [2.05, 4.69) is 10.1 Å². The topological polar surface area (TPSA) is 68.5 Å². The van der Waals surface area contributed by atoms with Crippen LogP contribution < -0.4 is 0 Å². The number of amides is 1. The van der Waals surface area contributed by atoms with Crippen LogP contribution >= 0.6 is 0 Å². The molecule has 18 heavy (non-hydrogen) atoms. The van der Waals surface area contributed by atoms with E-state index in [9.17, 15) is 4.79 Å². The minimum absolute atomic E-state index is 0.0201. The van der Waals surface area contributed by atoms with Crippen molar-refractivity contribution in [2.24, 2.45) is 0 Å². The van der Waals surface area contributed by atoms with Crippen LogP contribution in [0, 0.1) is 6.92 Å². The third-order valence-corrected chi connectivity index (χ3v) is 3.06. The zero-order valence-corrected chi connectivity index (χ0v) is 10.0. The lowest BCUT2D eigenvalue weighted by Crippen LogP contribution is -2.40. The van der Waals surface area contributed by atoms with E-state index in [0.717, 1.165) is 11.1 Å². The van der Waals surface area contributed by atoms with Gasteiger partial charge in [0.1, 0.15) is 0 Å². The van der Waals surface area contributed by atoms with E-state index in [1.54, 1.807) is 11.0 Å². The van der Waals surface area contributed by atoms with Gasteiger partial charge in [0.15, 0.2) is 0 Å². The van der Waals surface area contributed by atoms with E-state index in [-0.39, 0.29) is 5.91 Å². The molecule has 1 saturated heterocycles. The molecule has 0 radical (unpaired) electrons. The minimum Gasteiger partial charge on any atom is -0.378 e. The molecular weight excluding hydrogens is 234 g/mol. The highest BCUT2D eigenvalue weighted by Gasteiger charge is 2.20. The molecule has 1 fully saturated rings. The number of pyridine rings is 1. The van der Waals surface area contributed by atoms with Gasteiger partial charge in [0.05, 0.1) is 29.9 Å². The Balaban J connectivity index is 1.93. The first-order valence-electron chi connectivity index (χ1n) is 5.85. The Bertz CT molecular complexity index is 587. The number of hydrogen-bond acceptors (Lipinski definition) is 5. The van der Waals surface area contributed by atoms with Crippen molar-refractivity contribution in [1.29, 1.82) is 0 Å². The second-order valence-corrected chi connectivity index (χ2v) is 4.25. The molecule has 0 unspecified atom stereocenters. The molecular formula is C12H13N3O3. The van der Waals surface area contributed by atoms with Crippen LogP contribution in [0.3, 0.4) is 0 Å². The zero-order chi connectivity index (χ0) is 12.5. The van der Waals surface area contributed by atoms with Gasteiger partial charge in [0, 0.05) is 19.3 Å². The summed E-state index contributed by atoms with van der Waals surface area (Å²) < 4.78 is 10.3. The summed E-state index contributed by atoms with van der Waals surface area (Å²) in [6.45, 7) is 4.26. The molecule has 94 valence electrons. The van der Waals surface area contributed by atoms with Gasteiger partial charge in [0.25, 0.3) is 11.6 Å². The smallest absolute Gasteiger partial charge is 0.257 e. The van der Waals surface area contributed by atoms with E-state index >= 15 is 0 Å². The summed E-state index contributed by atoms with van der Waals surface area (Å²) in [4.78, 5) is 18.1. The maximum Gasteiger partial charge on any atom is 0.257 e. The molecule has 2 aromatic heterocycles. The number of ether oxygens (including phenoxy) is 1. The molecule has 0 atom stereocenters. The highest BCUT2D eigenvalue weighted by molar-refractivity contribution is 5.97. The summed E-state index contributed by atoms with van der Waals surface area (Å²) in [5, 5.41) is 4.61. The second-order valence-electron chi connectivity index (χ2n) is 4.25. The molecule has 6 heteroatoms. The average Bonchev–Trinajstić information content (AvgIpc) is 2.80. The summed E-state index contributed by atoms with van der Waals surface area (Å²) in [5.74, 6) is -0.0201. The maximum absolute atomic E-state index is 12.3. The summed E-state index contributed by atoms with van der Waals surface area (Å²) in [6, 6.07) is 1.78. The molecule has 0 aliphatic carbocycles. The van der Waals surface area contributed by atoms with E-state index in [1.807, 2.05) is 6.92 Å². The van der Waals surface area contributed by atoms with Gasteiger partial charge in [0.2, 0.25) is 0 Å². The van der Waals surface area contributed by atoms with Crippen LogP contribution in [0.2, 0.25) is 0 Å². The van der Waals surface area contributed by atoms with Gasteiger partial charge in [-0.15, -0.1) is 0 Å². The first-order chi connectivity index (χ1) is 8.75. The highest BCUT2D eigenvalue weighted by atomic mass is 16.5. The Labute approximate surface area is 104 Å². The lowest BCUT2D eigenvalue weighted by Gasteiger charge is -2.26. The minimum atomic E-state index is -0.0201. The van der Waals surface area contributed by atoms with E-state index in [0.29, 0.717) is 37.6 Å². The Morgan fingerprint density at radius 3 is 2.94 bits per heavy atom. The monoisotopic (exact) mass is 247 g/mol. The predicted octanol–water partition coefficient (Wildman–Crippen LogP) is 1.00. The van der Waals surface area contributed by atoms with Crippen LogP contribution in [0.4, 0.5) is 0 Å². The number of rotatable bonds is 1. The highest BCUT2D eigenvalue weighted by Crippen LogP contribution is 2.18. The Kier molecular flexibility index (Phi) is 2.71. The number of aryl methyl sites for hydroxylation is 1. The van der Waals surface area contributed by atoms with Crippen molar-refractivity contribution in [3.8, 4) is 0 Å². The molecule has 0 saturated carbocycles. The molecule has 1 aliphatic heterocycles. The summed E-state index contributed by atoms with van der Waals surface area (Å²) in [7, 11) is 0. The van der Waals surface area contributed by atoms with E-state index in [1.165, 1.54) is 6.20 Å². The van der Waals surface area contributed by atoms with Crippen LogP contribution in [0.1, 0.15) is 16.1 Å². The van der Waals surface area contributed by atoms with Gasteiger partial charge in [-0.3, -0.25) is 4.79 Å². The maximum atomic E-state index is 12.3. The number of carbonyl (C=O) groups is 1. The molecule has 0 bridgehead atoms. The van der Waals surface area contributed by atoms with Crippen LogP contribution in [0.25, 0.3) is 11.1 Å². The summed E-state index contributed by atoms with van der Waals surface area (Å²) in [5.41, 5.74) is 1.77. The predicted molar refractivity (Wildman–Crippen MR) is 63.3 cm³/mol. The molecule has 3 heterocycles. The summed E-state index contributed by atoms with van der Waals surface area (Å²) in [6.07, 6.45) is 1.53.